The minimum Gasteiger partial charge on any atom is -0.444 e. The average Bonchev–Trinajstić information content (AvgIpc) is 3.19. The summed E-state index contributed by atoms with van der Waals surface area (Å²) in [5.41, 5.74) is 0.372. The van der Waals surface area contributed by atoms with Gasteiger partial charge in [-0.25, -0.2) is 4.79 Å². The molecule has 1 N–H and O–H groups in total. The van der Waals surface area contributed by atoms with Gasteiger partial charge in [-0.3, -0.25) is 4.79 Å². The summed E-state index contributed by atoms with van der Waals surface area (Å²) in [5.74, 6) is -1.39. The Kier molecular flexibility index (Phi) is 3.89. The molecule has 4 fully saturated rings. The molecule has 2 aliphatic carbocycles. The lowest BCUT2D eigenvalue weighted by molar-refractivity contribution is -0.0885. The summed E-state index contributed by atoms with van der Waals surface area (Å²) in [6.45, 7) is 6.16. The van der Waals surface area contributed by atoms with Crippen molar-refractivity contribution in [3.05, 3.63) is 29.3 Å². The van der Waals surface area contributed by atoms with Gasteiger partial charge in [-0.1, -0.05) is 0 Å². The van der Waals surface area contributed by atoms with Gasteiger partial charge in [-0.2, -0.15) is 13.2 Å². The molecule has 1 spiro atoms. The van der Waals surface area contributed by atoms with Gasteiger partial charge in [0.05, 0.1) is 0 Å². The molecule has 5 aliphatic rings. The summed E-state index contributed by atoms with van der Waals surface area (Å²) in [4.78, 5) is 26.6. The van der Waals surface area contributed by atoms with Gasteiger partial charge in [0.2, 0.25) is 0 Å². The average molecular weight is 422 g/mol. The molecule has 1 aromatic rings. The molecule has 4 bridgehead atoms. The zero-order valence-corrected chi connectivity index (χ0v) is 17.2. The van der Waals surface area contributed by atoms with Crippen LogP contribution in [0.15, 0.2) is 18.2 Å². The van der Waals surface area contributed by atoms with Gasteiger partial charge in [0.1, 0.15) is 5.60 Å². The maximum atomic E-state index is 13.0. The van der Waals surface area contributed by atoms with E-state index in [1.54, 1.807) is 6.07 Å². The topological polar surface area (TPSA) is 58.6 Å². The lowest BCUT2D eigenvalue weighted by Crippen LogP contribution is -2.48. The number of fused-ring (bicyclic) bond motifs is 1. The van der Waals surface area contributed by atoms with Crippen LogP contribution in [0.4, 0.5) is 23.7 Å². The molecule has 8 heteroatoms. The highest BCUT2D eigenvalue weighted by Gasteiger charge is 2.68. The van der Waals surface area contributed by atoms with Crippen LogP contribution in [0, 0.1) is 11.8 Å². The molecule has 2 saturated carbocycles. The van der Waals surface area contributed by atoms with E-state index in [1.165, 1.54) is 12.1 Å². The van der Waals surface area contributed by atoms with Crippen molar-refractivity contribution < 1.29 is 27.5 Å². The fourth-order valence-electron chi connectivity index (χ4n) is 6.53. The summed E-state index contributed by atoms with van der Waals surface area (Å²) >= 11 is 0. The number of piperidine rings is 1. The van der Waals surface area contributed by atoms with Gasteiger partial charge >= 0.3 is 12.3 Å². The number of ketones is 1. The third-order valence-electron chi connectivity index (χ3n) is 7.43. The Bertz CT molecular complexity index is 935. The van der Waals surface area contributed by atoms with E-state index < -0.39 is 17.6 Å². The number of alkyl halides is 3. The third-order valence-corrected chi connectivity index (χ3v) is 7.43. The zero-order chi connectivity index (χ0) is 21.6. The predicted octanol–water partition coefficient (Wildman–Crippen LogP) is 4.51. The molecule has 30 heavy (non-hydrogen) atoms. The van der Waals surface area contributed by atoms with Gasteiger partial charge in [0.25, 0.3) is 5.78 Å². The van der Waals surface area contributed by atoms with Crippen molar-refractivity contribution in [2.75, 3.05) is 11.9 Å². The zero-order valence-electron chi connectivity index (χ0n) is 17.2. The van der Waals surface area contributed by atoms with Crippen molar-refractivity contribution in [3.63, 3.8) is 0 Å². The molecule has 3 aliphatic heterocycles. The molecule has 1 amide bonds. The molecule has 5 nitrogen and oxygen atoms in total. The van der Waals surface area contributed by atoms with Crippen LogP contribution in [0.3, 0.4) is 0 Å². The maximum Gasteiger partial charge on any atom is 0.454 e. The first kappa shape index (κ1) is 19.7. The second-order valence-electron chi connectivity index (χ2n) is 10.1. The monoisotopic (exact) mass is 422 g/mol. The van der Waals surface area contributed by atoms with Crippen molar-refractivity contribution in [2.45, 2.75) is 69.3 Å². The molecule has 162 valence electrons. The van der Waals surface area contributed by atoms with Crippen molar-refractivity contribution in [2.24, 2.45) is 11.8 Å². The first-order valence-corrected chi connectivity index (χ1v) is 10.4. The largest absolute Gasteiger partial charge is 0.454 e. The van der Waals surface area contributed by atoms with Gasteiger partial charge in [0, 0.05) is 35.3 Å². The number of benzene rings is 1. The molecule has 2 saturated heterocycles. The fraction of sp³-hybridized carbons (Fsp3) is 0.636. The number of halogens is 3. The maximum absolute atomic E-state index is 13.0. The Balaban J connectivity index is 1.50. The Hall–Kier alpha value is -2.25. The van der Waals surface area contributed by atoms with E-state index in [1.807, 2.05) is 25.7 Å². The second-order valence-corrected chi connectivity index (χ2v) is 10.1. The van der Waals surface area contributed by atoms with Crippen molar-refractivity contribution in [1.29, 1.82) is 0 Å². The first-order valence-electron chi connectivity index (χ1n) is 10.4. The number of hydrogen-bond donors (Lipinski definition) is 1. The highest BCUT2D eigenvalue weighted by molar-refractivity contribution is 6.01. The van der Waals surface area contributed by atoms with Gasteiger partial charge < -0.3 is 15.0 Å². The number of rotatable bonds is 1. The van der Waals surface area contributed by atoms with E-state index in [4.69, 9.17) is 4.74 Å². The Morgan fingerprint density at radius 2 is 1.90 bits per heavy atom. The fourth-order valence-corrected chi connectivity index (χ4v) is 6.53. The van der Waals surface area contributed by atoms with Crippen LogP contribution in [0.2, 0.25) is 0 Å². The van der Waals surface area contributed by atoms with E-state index in [-0.39, 0.29) is 41.0 Å². The van der Waals surface area contributed by atoms with E-state index in [0.717, 1.165) is 30.5 Å². The summed E-state index contributed by atoms with van der Waals surface area (Å²) in [6, 6.07) is 4.42. The van der Waals surface area contributed by atoms with Crippen LogP contribution >= 0.6 is 0 Å². The lowest BCUT2D eigenvalue weighted by atomic mass is 9.62. The van der Waals surface area contributed by atoms with Crippen molar-refractivity contribution in [1.82, 2.24) is 4.90 Å². The summed E-state index contributed by atoms with van der Waals surface area (Å²) in [7, 11) is 0. The van der Waals surface area contributed by atoms with Gasteiger partial charge in [0.15, 0.2) is 0 Å². The molecule has 0 radical (unpaired) electrons. The van der Waals surface area contributed by atoms with Gasteiger partial charge in [-0.05, 0) is 75.6 Å². The van der Waals surface area contributed by atoms with Gasteiger partial charge in [-0.15, -0.1) is 0 Å². The summed E-state index contributed by atoms with van der Waals surface area (Å²) in [6.07, 6.45) is -2.75. The Morgan fingerprint density at radius 1 is 1.17 bits per heavy atom. The lowest BCUT2D eigenvalue weighted by Gasteiger charge is -2.43. The number of ether oxygens (including phenoxy) is 1. The van der Waals surface area contributed by atoms with Crippen LogP contribution < -0.4 is 5.32 Å². The normalized spacial score (nSPS) is 33.7. The molecule has 1 aromatic carbocycles. The highest BCUT2D eigenvalue weighted by Crippen LogP contribution is 2.65. The molecule has 5 atom stereocenters. The molecule has 3 heterocycles. The number of anilines is 1. The van der Waals surface area contributed by atoms with Crippen molar-refractivity contribution in [3.8, 4) is 0 Å². The van der Waals surface area contributed by atoms with E-state index in [0.29, 0.717) is 6.54 Å². The van der Waals surface area contributed by atoms with Crippen LogP contribution in [-0.2, 0) is 10.2 Å². The predicted molar refractivity (Wildman–Crippen MR) is 103 cm³/mol. The van der Waals surface area contributed by atoms with Crippen LogP contribution in [-0.4, -0.2) is 47.2 Å². The number of hydrogen-bond acceptors (Lipinski definition) is 4. The van der Waals surface area contributed by atoms with Crippen LogP contribution in [0.25, 0.3) is 0 Å². The van der Waals surface area contributed by atoms with E-state index in [9.17, 15) is 22.8 Å². The first-order chi connectivity index (χ1) is 13.9. The molecule has 5 unspecified atom stereocenters. The minimum absolute atomic E-state index is 0.0262. The SMILES string of the molecule is CC(C)(C)OC(=O)N1C2CC3CC1C(C2)C31CNc2ccc(C(=O)C(F)(F)F)cc21. The molecule has 0 aromatic heterocycles. The smallest absolute Gasteiger partial charge is 0.444 e. The molecule has 6 rings (SSSR count). The number of amides is 1. The minimum atomic E-state index is -4.89. The Labute approximate surface area is 172 Å². The van der Waals surface area contributed by atoms with Crippen LogP contribution in [0.5, 0.6) is 0 Å². The standard InChI is InChI=1S/C22H25F3N2O3/c1-20(2,3)30-19(29)27-13-7-12-8-17(27)15(9-13)21(12)10-26-16-5-4-11(6-14(16)21)18(28)22(23,24)25/h4-6,12-13,15,17,26H,7-10H2,1-3H3. The quantitative estimate of drug-likeness (QED) is 0.677. The number of nitrogens with zero attached hydrogens (tertiary/aromatic N) is 1. The number of carbonyl (C=O) groups is 2. The number of Topliss-reactive ketones (excluding diaryl/α,β-unsaturated/α-hetero) is 1. The summed E-state index contributed by atoms with van der Waals surface area (Å²) in [5, 5.41) is 3.36. The molecular weight excluding hydrogens is 397 g/mol. The van der Waals surface area contributed by atoms with E-state index >= 15 is 0 Å². The summed E-state index contributed by atoms with van der Waals surface area (Å²) < 4.78 is 44.7. The second kappa shape index (κ2) is 5.92. The molecular formula is C22H25F3N2O3. The third kappa shape index (κ3) is 2.61. The number of carbonyl (C=O) groups excluding carboxylic acids is 2. The van der Waals surface area contributed by atoms with Crippen molar-refractivity contribution >= 4 is 17.6 Å². The van der Waals surface area contributed by atoms with E-state index in [2.05, 4.69) is 5.32 Å². The highest BCUT2D eigenvalue weighted by atomic mass is 19.4. The van der Waals surface area contributed by atoms with Crippen LogP contribution in [0.1, 0.15) is 56.0 Å². The Morgan fingerprint density at radius 3 is 2.57 bits per heavy atom. The number of nitrogens with one attached hydrogen (secondary N) is 1.